The van der Waals surface area contributed by atoms with Gasteiger partial charge in [0.1, 0.15) is 6.61 Å². The average molecular weight is 224 g/mol. The SMILES string of the molecule is O=C(O)COCCOCCc1ccccc1. The first-order valence-corrected chi connectivity index (χ1v) is 5.20. The Bertz CT molecular complexity index is 297. The Morgan fingerprint density at radius 1 is 1.06 bits per heavy atom. The maximum Gasteiger partial charge on any atom is 0.329 e. The van der Waals surface area contributed by atoms with Gasteiger partial charge in [-0.15, -0.1) is 0 Å². The molecular weight excluding hydrogens is 208 g/mol. The van der Waals surface area contributed by atoms with E-state index in [0.29, 0.717) is 19.8 Å². The lowest BCUT2D eigenvalue weighted by molar-refractivity contribution is -0.142. The zero-order valence-corrected chi connectivity index (χ0v) is 9.09. The lowest BCUT2D eigenvalue weighted by Crippen LogP contribution is -2.12. The first-order chi connectivity index (χ1) is 7.79. The molecule has 0 bridgehead atoms. The second-order valence-corrected chi connectivity index (χ2v) is 3.29. The van der Waals surface area contributed by atoms with Gasteiger partial charge in [-0.1, -0.05) is 30.3 Å². The lowest BCUT2D eigenvalue weighted by atomic mass is 10.2. The zero-order chi connectivity index (χ0) is 11.6. The van der Waals surface area contributed by atoms with Crippen LogP contribution in [0.3, 0.4) is 0 Å². The first kappa shape index (κ1) is 12.7. The molecule has 4 nitrogen and oxygen atoms in total. The van der Waals surface area contributed by atoms with Crippen molar-refractivity contribution >= 4 is 5.97 Å². The highest BCUT2D eigenvalue weighted by atomic mass is 16.5. The Hall–Kier alpha value is -1.39. The summed E-state index contributed by atoms with van der Waals surface area (Å²) < 4.78 is 10.1. The van der Waals surface area contributed by atoms with Gasteiger partial charge in [-0.05, 0) is 12.0 Å². The highest BCUT2D eigenvalue weighted by Gasteiger charge is 1.96. The Labute approximate surface area is 94.8 Å². The molecule has 0 aliphatic carbocycles. The molecule has 88 valence electrons. The van der Waals surface area contributed by atoms with Crippen LogP contribution in [0.5, 0.6) is 0 Å². The fourth-order valence-electron chi connectivity index (χ4n) is 1.21. The summed E-state index contributed by atoms with van der Waals surface area (Å²) in [5.41, 5.74) is 1.23. The predicted molar refractivity (Wildman–Crippen MR) is 59.4 cm³/mol. The third-order valence-electron chi connectivity index (χ3n) is 1.98. The van der Waals surface area contributed by atoms with Gasteiger partial charge in [-0.25, -0.2) is 4.79 Å². The van der Waals surface area contributed by atoms with Crippen LogP contribution in [0.2, 0.25) is 0 Å². The minimum atomic E-state index is -0.954. The van der Waals surface area contributed by atoms with Gasteiger partial charge in [0.2, 0.25) is 0 Å². The highest BCUT2D eigenvalue weighted by Crippen LogP contribution is 1.99. The summed E-state index contributed by atoms with van der Waals surface area (Å²) in [5.74, 6) is -0.954. The van der Waals surface area contributed by atoms with Crippen molar-refractivity contribution in [1.82, 2.24) is 0 Å². The molecule has 4 heteroatoms. The topological polar surface area (TPSA) is 55.8 Å². The normalized spacial score (nSPS) is 10.2. The van der Waals surface area contributed by atoms with Gasteiger partial charge in [-0.2, -0.15) is 0 Å². The van der Waals surface area contributed by atoms with Gasteiger partial charge in [0.25, 0.3) is 0 Å². The van der Waals surface area contributed by atoms with E-state index < -0.39 is 5.97 Å². The molecule has 0 spiro atoms. The summed E-state index contributed by atoms with van der Waals surface area (Å²) in [4.78, 5) is 10.1. The van der Waals surface area contributed by atoms with E-state index in [1.165, 1.54) is 5.56 Å². The van der Waals surface area contributed by atoms with Crippen molar-refractivity contribution in [2.24, 2.45) is 0 Å². The molecule has 1 aromatic carbocycles. The van der Waals surface area contributed by atoms with Crippen LogP contribution in [0.15, 0.2) is 30.3 Å². The summed E-state index contributed by atoms with van der Waals surface area (Å²) in [6.45, 7) is 1.11. The number of rotatable bonds is 8. The smallest absolute Gasteiger partial charge is 0.329 e. The third kappa shape index (κ3) is 6.16. The van der Waals surface area contributed by atoms with Gasteiger partial charge in [0.15, 0.2) is 0 Å². The number of hydrogen-bond donors (Lipinski definition) is 1. The van der Waals surface area contributed by atoms with Crippen molar-refractivity contribution in [3.63, 3.8) is 0 Å². The Balaban J connectivity index is 1.94. The van der Waals surface area contributed by atoms with Crippen LogP contribution < -0.4 is 0 Å². The maximum absolute atomic E-state index is 10.1. The third-order valence-corrected chi connectivity index (χ3v) is 1.98. The molecular formula is C12H16O4. The molecule has 16 heavy (non-hydrogen) atoms. The van der Waals surface area contributed by atoms with Crippen molar-refractivity contribution in [3.05, 3.63) is 35.9 Å². The number of benzene rings is 1. The monoisotopic (exact) mass is 224 g/mol. The van der Waals surface area contributed by atoms with E-state index in [9.17, 15) is 4.79 Å². The summed E-state index contributed by atoms with van der Waals surface area (Å²) >= 11 is 0. The first-order valence-electron chi connectivity index (χ1n) is 5.20. The molecule has 1 rings (SSSR count). The number of carboxylic acid groups (broad SMARTS) is 1. The summed E-state index contributed by atoms with van der Waals surface area (Å²) in [6.07, 6.45) is 0.861. The summed E-state index contributed by atoms with van der Waals surface area (Å²) in [7, 11) is 0. The second-order valence-electron chi connectivity index (χ2n) is 3.29. The van der Waals surface area contributed by atoms with E-state index in [-0.39, 0.29) is 6.61 Å². The Kier molecular flexibility index (Phi) is 6.22. The van der Waals surface area contributed by atoms with E-state index in [0.717, 1.165) is 6.42 Å². The minimum absolute atomic E-state index is 0.262. The quantitative estimate of drug-likeness (QED) is 0.677. The van der Waals surface area contributed by atoms with E-state index in [1.807, 2.05) is 30.3 Å². The molecule has 0 unspecified atom stereocenters. The number of carboxylic acids is 1. The highest BCUT2D eigenvalue weighted by molar-refractivity contribution is 5.67. The molecule has 0 fully saturated rings. The second kappa shape index (κ2) is 7.84. The maximum atomic E-state index is 10.1. The Morgan fingerprint density at radius 3 is 2.44 bits per heavy atom. The van der Waals surface area contributed by atoms with E-state index in [1.54, 1.807) is 0 Å². The summed E-state index contributed by atoms with van der Waals surface area (Å²) in [6, 6.07) is 10.1. The van der Waals surface area contributed by atoms with Gasteiger partial charge in [-0.3, -0.25) is 0 Å². The molecule has 0 aliphatic rings. The van der Waals surface area contributed by atoms with Gasteiger partial charge in [0.05, 0.1) is 19.8 Å². The fraction of sp³-hybridized carbons (Fsp3) is 0.417. The molecule has 0 radical (unpaired) electrons. The number of ether oxygens (including phenoxy) is 2. The van der Waals surface area contributed by atoms with Gasteiger partial charge in [0, 0.05) is 0 Å². The van der Waals surface area contributed by atoms with Crippen LogP contribution in [-0.2, 0) is 20.7 Å². The van der Waals surface area contributed by atoms with Crippen LogP contribution in [0, 0.1) is 0 Å². The number of aliphatic carboxylic acids is 1. The number of hydrogen-bond acceptors (Lipinski definition) is 3. The van der Waals surface area contributed by atoms with Crippen molar-refractivity contribution in [1.29, 1.82) is 0 Å². The van der Waals surface area contributed by atoms with Crippen LogP contribution in [0.25, 0.3) is 0 Å². The van der Waals surface area contributed by atoms with Crippen LogP contribution in [-0.4, -0.2) is 37.5 Å². The molecule has 1 aromatic rings. The van der Waals surface area contributed by atoms with E-state index in [2.05, 4.69) is 0 Å². The molecule has 0 amide bonds. The molecule has 0 aliphatic heterocycles. The van der Waals surface area contributed by atoms with Crippen molar-refractivity contribution < 1.29 is 19.4 Å². The summed E-state index contributed by atoms with van der Waals surface area (Å²) in [5, 5.41) is 8.30. The van der Waals surface area contributed by atoms with Crippen LogP contribution in [0.4, 0.5) is 0 Å². The minimum Gasteiger partial charge on any atom is -0.480 e. The van der Waals surface area contributed by atoms with Crippen molar-refractivity contribution in [3.8, 4) is 0 Å². The predicted octanol–water partition coefficient (Wildman–Crippen LogP) is 1.35. The van der Waals surface area contributed by atoms with Crippen molar-refractivity contribution in [2.75, 3.05) is 26.4 Å². The molecule has 0 atom stereocenters. The lowest BCUT2D eigenvalue weighted by Gasteiger charge is -2.04. The standard InChI is InChI=1S/C12H16O4/c13-12(14)10-16-9-8-15-7-6-11-4-2-1-3-5-11/h1-5H,6-10H2,(H,13,14). The molecule has 1 N–H and O–H groups in total. The average Bonchev–Trinajstić information content (AvgIpc) is 2.29. The number of carbonyl (C=O) groups is 1. The zero-order valence-electron chi connectivity index (χ0n) is 9.09. The largest absolute Gasteiger partial charge is 0.480 e. The fourth-order valence-corrected chi connectivity index (χ4v) is 1.21. The molecule has 0 saturated heterocycles. The van der Waals surface area contributed by atoms with Crippen LogP contribution >= 0.6 is 0 Å². The molecule has 0 aromatic heterocycles. The van der Waals surface area contributed by atoms with Crippen LogP contribution in [0.1, 0.15) is 5.56 Å². The van der Waals surface area contributed by atoms with Gasteiger partial charge >= 0.3 is 5.97 Å². The van der Waals surface area contributed by atoms with E-state index in [4.69, 9.17) is 14.6 Å². The van der Waals surface area contributed by atoms with E-state index >= 15 is 0 Å². The Morgan fingerprint density at radius 2 is 1.75 bits per heavy atom. The molecule has 0 saturated carbocycles. The van der Waals surface area contributed by atoms with Crippen molar-refractivity contribution in [2.45, 2.75) is 6.42 Å². The molecule has 0 heterocycles. The van der Waals surface area contributed by atoms with Gasteiger partial charge < -0.3 is 14.6 Å².